The van der Waals surface area contributed by atoms with Crippen LogP contribution in [0.1, 0.15) is 17.0 Å². The van der Waals surface area contributed by atoms with Crippen molar-refractivity contribution in [2.24, 2.45) is 5.92 Å². The second kappa shape index (κ2) is 5.07. The molecule has 0 saturated carbocycles. The van der Waals surface area contributed by atoms with Gasteiger partial charge in [0.15, 0.2) is 0 Å². The molecule has 1 aromatic carbocycles. The standard InChI is InChI=1S/C13H16ClNO2/c1-8-3-4-9(12(14)5-8)10-6-15-7-11(10)13(16)17-2/h3-5,10-11,15H,6-7H2,1-2H3/t10-,11+/m1/s1. The van der Waals surface area contributed by atoms with Crippen molar-refractivity contribution in [3.63, 3.8) is 0 Å². The molecular weight excluding hydrogens is 238 g/mol. The number of hydrogen-bond acceptors (Lipinski definition) is 3. The highest BCUT2D eigenvalue weighted by atomic mass is 35.5. The molecule has 2 rings (SSSR count). The molecule has 0 aromatic heterocycles. The molecule has 1 aliphatic rings. The zero-order valence-electron chi connectivity index (χ0n) is 10.00. The van der Waals surface area contributed by atoms with Crippen LogP contribution in [0.25, 0.3) is 0 Å². The molecule has 0 unspecified atom stereocenters. The first-order chi connectivity index (χ1) is 8.13. The first-order valence-electron chi connectivity index (χ1n) is 5.68. The fourth-order valence-electron chi connectivity index (χ4n) is 2.34. The number of carbonyl (C=O) groups excluding carboxylic acids is 1. The smallest absolute Gasteiger partial charge is 0.310 e. The third kappa shape index (κ3) is 2.45. The molecular formula is C13H16ClNO2. The third-order valence-electron chi connectivity index (χ3n) is 3.27. The van der Waals surface area contributed by atoms with Crippen LogP contribution in [0.15, 0.2) is 18.2 Å². The summed E-state index contributed by atoms with van der Waals surface area (Å²) in [6.07, 6.45) is 0. The molecule has 1 fully saturated rings. The van der Waals surface area contributed by atoms with Crippen molar-refractivity contribution in [2.45, 2.75) is 12.8 Å². The lowest BCUT2D eigenvalue weighted by Crippen LogP contribution is -2.23. The van der Waals surface area contributed by atoms with E-state index in [0.29, 0.717) is 6.54 Å². The maximum atomic E-state index is 11.7. The average molecular weight is 254 g/mol. The summed E-state index contributed by atoms with van der Waals surface area (Å²) in [6.45, 7) is 3.42. The van der Waals surface area contributed by atoms with Gasteiger partial charge in [0.25, 0.3) is 0 Å². The lowest BCUT2D eigenvalue weighted by Gasteiger charge is -2.18. The lowest BCUT2D eigenvalue weighted by atomic mass is 9.88. The minimum atomic E-state index is -0.170. The molecule has 0 spiro atoms. The van der Waals surface area contributed by atoms with Crippen molar-refractivity contribution < 1.29 is 9.53 Å². The SMILES string of the molecule is COC(=O)[C@H]1CNC[C@@H]1c1ccc(C)cc1Cl. The highest BCUT2D eigenvalue weighted by molar-refractivity contribution is 6.31. The molecule has 1 aliphatic heterocycles. The van der Waals surface area contributed by atoms with E-state index >= 15 is 0 Å². The predicted molar refractivity (Wildman–Crippen MR) is 67.3 cm³/mol. The number of halogens is 1. The normalized spacial score (nSPS) is 23.7. The van der Waals surface area contributed by atoms with Gasteiger partial charge in [0.1, 0.15) is 0 Å². The Labute approximate surface area is 106 Å². The van der Waals surface area contributed by atoms with Gasteiger partial charge in [-0.25, -0.2) is 0 Å². The predicted octanol–water partition coefficient (Wildman–Crippen LogP) is 2.12. The Kier molecular flexibility index (Phi) is 3.69. The molecule has 0 bridgehead atoms. The Hall–Kier alpha value is -1.06. The van der Waals surface area contributed by atoms with Crippen LogP contribution in [0.5, 0.6) is 0 Å². The number of ether oxygens (including phenoxy) is 1. The number of aryl methyl sites for hydroxylation is 1. The molecule has 4 heteroatoms. The van der Waals surface area contributed by atoms with Gasteiger partial charge in [0.2, 0.25) is 0 Å². The molecule has 2 atom stereocenters. The number of methoxy groups -OCH3 is 1. The summed E-state index contributed by atoms with van der Waals surface area (Å²) >= 11 is 6.24. The highest BCUT2D eigenvalue weighted by Gasteiger charge is 2.35. The fourth-order valence-corrected chi connectivity index (χ4v) is 2.71. The Bertz CT molecular complexity index is 433. The summed E-state index contributed by atoms with van der Waals surface area (Å²) in [5, 5.41) is 3.95. The summed E-state index contributed by atoms with van der Waals surface area (Å²) in [7, 11) is 1.43. The molecule has 1 saturated heterocycles. The zero-order valence-corrected chi connectivity index (χ0v) is 10.8. The van der Waals surface area contributed by atoms with E-state index in [1.807, 2.05) is 25.1 Å². The topological polar surface area (TPSA) is 38.3 Å². The molecule has 92 valence electrons. The van der Waals surface area contributed by atoms with E-state index in [9.17, 15) is 4.79 Å². The molecule has 1 aromatic rings. The maximum Gasteiger partial charge on any atom is 0.310 e. The summed E-state index contributed by atoms with van der Waals surface area (Å²) in [4.78, 5) is 11.7. The van der Waals surface area contributed by atoms with E-state index in [1.165, 1.54) is 7.11 Å². The van der Waals surface area contributed by atoms with Crippen LogP contribution >= 0.6 is 11.6 Å². The monoisotopic (exact) mass is 253 g/mol. The molecule has 3 nitrogen and oxygen atoms in total. The maximum absolute atomic E-state index is 11.7. The van der Waals surface area contributed by atoms with E-state index in [2.05, 4.69) is 5.32 Å². The third-order valence-corrected chi connectivity index (χ3v) is 3.60. The van der Waals surface area contributed by atoms with Crippen LogP contribution in [-0.2, 0) is 9.53 Å². The minimum Gasteiger partial charge on any atom is -0.469 e. The summed E-state index contributed by atoms with van der Waals surface area (Å²) in [6, 6.07) is 5.96. The van der Waals surface area contributed by atoms with Gasteiger partial charge in [-0.05, 0) is 24.1 Å². The van der Waals surface area contributed by atoms with E-state index in [-0.39, 0.29) is 17.8 Å². The van der Waals surface area contributed by atoms with Crippen molar-refractivity contribution in [1.29, 1.82) is 0 Å². The van der Waals surface area contributed by atoms with Crippen LogP contribution < -0.4 is 5.32 Å². The largest absolute Gasteiger partial charge is 0.469 e. The first kappa shape index (κ1) is 12.4. The number of nitrogens with one attached hydrogen (secondary N) is 1. The number of carbonyl (C=O) groups is 1. The summed E-state index contributed by atoms with van der Waals surface area (Å²) in [5.74, 6) is -0.201. The van der Waals surface area contributed by atoms with Gasteiger partial charge in [-0.3, -0.25) is 4.79 Å². The van der Waals surface area contributed by atoms with Crippen LogP contribution in [0, 0.1) is 12.8 Å². The Morgan fingerprint density at radius 1 is 1.47 bits per heavy atom. The van der Waals surface area contributed by atoms with E-state index in [4.69, 9.17) is 16.3 Å². The van der Waals surface area contributed by atoms with E-state index in [0.717, 1.165) is 22.7 Å². The molecule has 17 heavy (non-hydrogen) atoms. The molecule has 0 aliphatic carbocycles. The molecule has 0 amide bonds. The Balaban J connectivity index is 2.29. The molecule has 1 heterocycles. The molecule has 0 radical (unpaired) electrons. The number of hydrogen-bond donors (Lipinski definition) is 1. The van der Waals surface area contributed by atoms with Crippen LogP contribution in [-0.4, -0.2) is 26.2 Å². The first-order valence-corrected chi connectivity index (χ1v) is 6.06. The van der Waals surface area contributed by atoms with E-state index < -0.39 is 0 Å². The van der Waals surface area contributed by atoms with Crippen molar-refractivity contribution in [3.8, 4) is 0 Å². The van der Waals surface area contributed by atoms with Gasteiger partial charge in [-0.2, -0.15) is 0 Å². The van der Waals surface area contributed by atoms with Gasteiger partial charge in [-0.15, -0.1) is 0 Å². The average Bonchev–Trinajstić information content (AvgIpc) is 2.77. The van der Waals surface area contributed by atoms with Gasteiger partial charge >= 0.3 is 5.97 Å². The van der Waals surface area contributed by atoms with Gasteiger partial charge in [0, 0.05) is 24.0 Å². The summed E-state index contributed by atoms with van der Waals surface area (Å²) < 4.78 is 4.83. The van der Waals surface area contributed by atoms with Crippen molar-refractivity contribution in [2.75, 3.05) is 20.2 Å². The van der Waals surface area contributed by atoms with Gasteiger partial charge in [0.05, 0.1) is 13.0 Å². The van der Waals surface area contributed by atoms with Crippen molar-refractivity contribution >= 4 is 17.6 Å². The summed E-state index contributed by atoms with van der Waals surface area (Å²) in [5.41, 5.74) is 2.15. The lowest BCUT2D eigenvalue weighted by molar-refractivity contribution is -0.145. The van der Waals surface area contributed by atoms with E-state index in [1.54, 1.807) is 0 Å². The van der Waals surface area contributed by atoms with Gasteiger partial charge < -0.3 is 10.1 Å². The second-order valence-corrected chi connectivity index (χ2v) is 4.83. The van der Waals surface area contributed by atoms with Crippen LogP contribution in [0.4, 0.5) is 0 Å². The number of rotatable bonds is 2. The highest BCUT2D eigenvalue weighted by Crippen LogP contribution is 2.33. The fraction of sp³-hybridized carbons (Fsp3) is 0.462. The number of benzene rings is 1. The Morgan fingerprint density at radius 2 is 2.24 bits per heavy atom. The second-order valence-electron chi connectivity index (χ2n) is 4.42. The minimum absolute atomic E-state index is 0.107. The number of esters is 1. The quantitative estimate of drug-likeness (QED) is 0.821. The van der Waals surface area contributed by atoms with Crippen LogP contribution in [0.3, 0.4) is 0 Å². The Morgan fingerprint density at radius 3 is 2.88 bits per heavy atom. The zero-order chi connectivity index (χ0) is 12.4. The van der Waals surface area contributed by atoms with Gasteiger partial charge in [-0.1, -0.05) is 23.7 Å². The molecule has 1 N–H and O–H groups in total. The van der Waals surface area contributed by atoms with Crippen molar-refractivity contribution in [1.82, 2.24) is 5.32 Å². The van der Waals surface area contributed by atoms with Crippen molar-refractivity contribution in [3.05, 3.63) is 34.3 Å². The van der Waals surface area contributed by atoms with Crippen LogP contribution in [0.2, 0.25) is 5.02 Å².